The second-order valence-corrected chi connectivity index (χ2v) is 22.8. The van der Waals surface area contributed by atoms with Crippen molar-refractivity contribution in [2.45, 2.75) is 128 Å². The number of carbonyl (C=O) groups excluding carboxylic acids is 4. The van der Waals surface area contributed by atoms with Gasteiger partial charge in [0.05, 0.1) is 27.6 Å². The third-order valence-corrected chi connectivity index (χ3v) is 16.6. The zero-order valence-electron chi connectivity index (χ0n) is 42.4. The number of amidine groups is 1. The summed E-state index contributed by atoms with van der Waals surface area (Å²) >= 11 is 6.75. The number of anilines is 1. The Kier molecular flexibility index (Phi) is 19.6. The molecule has 15 nitrogen and oxygen atoms in total. The van der Waals surface area contributed by atoms with E-state index in [-0.39, 0.29) is 40.4 Å². The predicted octanol–water partition coefficient (Wildman–Crippen LogP) is 8.23. The van der Waals surface area contributed by atoms with Crippen LogP contribution in [0.15, 0.2) is 104 Å². The lowest BCUT2D eigenvalue weighted by molar-refractivity contribution is -0.139. The van der Waals surface area contributed by atoms with Crippen LogP contribution in [0.4, 0.5) is 11.4 Å². The number of halogens is 1. The molecule has 17 heteroatoms. The first-order chi connectivity index (χ1) is 33.9. The van der Waals surface area contributed by atoms with E-state index in [4.69, 9.17) is 21.3 Å². The molecule has 6 rings (SSSR count). The van der Waals surface area contributed by atoms with Crippen LogP contribution in [-0.4, -0.2) is 129 Å². The van der Waals surface area contributed by atoms with Crippen molar-refractivity contribution in [1.29, 1.82) is 0 Å². The van der Waals surface area contributed by atoms with Crippen molar-refractivity contribution in [1.82, 2.24) is 25.3 Å². The number of nitrogens with zero attached hydrogens (tertiary/aromatic N) is 6. The zero-order valence-corrected chi connectivity index (χ0v) is 43.9. The quantitative estimate of drug-likeness (QED) is 0.0347. The van der Waals surface area contributed by atoms with Crippen LogP contribution in [0.3, 0.4) is 0 Å². The van der Waals surface area contributed by atoms with E-state index in [0.717, 1.165) is 99.6 Å². The molecule has 4 heterocycles. The fourth-order valence-electron chi connectivity index (χ4n) is 10.1. The van der Waals surface area contributed by atoms with Crippen molar-refractivity contribution in [2.75, 3.05) is 50.7 Å². The Morgan fingerprint density at radius 2 is 1.65 bits per heavy atom. The second-order valence-electron chi connectivity index (χ2n) is 19.9. The van der Waals surface area contributed by atoms with Gasteiger partial charge in [-0.2, -0.15) is 0 Å². The van der Waals surface area contributed by atoms with E-state index in [1.165, 1.54) is 19.0 Å². The first-order valence-electron chi connectivity index (χ1n) is 25.1. The maximum atomic E-state index is 13.4. The van der Waals surface area contributed by atoms with Gasteiger partial charge in [0.1, 0.15) is 16.8 Å². The summed E-state index contributed by atoms with van der Waals surface area (Å²) in [7, 11) is -3.66. The summed E-state index contributed by atoms with van der Waals surface area (Å²) in [6.07, 6.45) is 13.1. The number of carbonyl (C=O) groups is 4. The van der Waals surface area contributed by atoms with Crippen LogP contribution in [0.1, 0.15) is 108 Å². The third-order valence-electron chi connectivity index (χ3n) is 14.1. The first-order valence-corrected chi connectivity index (χ1v) is 27.0. The molecule has 4 aliphatic heterocycles. The van der Waals surface area contributed by atoms with Crippen molar-refractivity contribution in [3.63, 3.8) is 0 Å². The minimum Gasteiger partial charge on any atom is -0.489 e. The van der Waals surface area contributed by atoms with E-state index >= 15 is 0 Å². The second kappa shape index (κ2) is 25.3. The fraction of sp³-hybridized carbons (Fsp3) is 0.519. The number of likely N-dealkylation sites (tertiary alicyclic amines) is 2. The highest BCUT2D eigenvalue weighted by Gasteiger charge is 2.36. The molecule has 4 fully saturated rings. The Labute approximate surface area is 426 Å². The van der Waals surface area contributed by atoms with Crippen LogP contribution in [0.5, 0.6) is 0 Å². The number of nitrogens with one attached hydrogen (secondary N) is 2. The minimum absolute atomic E-state index is 0.0794. The Hall–Kier alpha value is -5.42. The van der Waals surface area contributed by atoms with E-state index in [2.05, 4.69) is 50.5 Å². The zero-order chi connectivity index (χ0) is 51.4. The van der Waals surface area contributed by atoms with Gasteiger partial charge in [0, 0.05) is 49.5 Å². The van der Waals surface area contributed by atoms with Crippen molar-refractivity contribution in [3.8, 4) is 0 Å². The van der Waals surface area contributed by atoms with Gasteiger partial charge < -0.3 is 24.8 Å². The number of ether oxygens (including phenoxy) is 1. The van der Waals surface area contributed by atoms with Gasteiger partial charge in [-0.1, -0.05) is 35.9 Å². The Morgan fingerprint density at radius 1 is 0.972 bits per heavy atom. The van der Waals surface area contributed by atoms with Crippen molar-refractivity contribution in [3.05, 3.63) is 101 Å². The summed E-state index contributed by atoms with van der Waals surface area (Å²) in [4.78, 5) is 66.7. The Morgan fingerprint density at radius 3 is 2.25 bits per heavy atom. The minimum atomic E-state index is -3.66. The normalized spacial score (nSPS) is 20.4. The molecule has 0 spiro atoms. The number of imide groups is 2. The number of hydrogen-bond donors (Lipinski definition) is 2. The van der Waals surface area contributed by atoms with Crippen LogP contribution in [-0.2, 0) is 29.0 Å². The molecule has 1 unspecified atom stereocenters. The van der Waals surface area contributed by atoms with Crippen LogP contribution in [0.25, 0.3) is 0 Å². The largest absolute Gasteiger partial charge is 0.489 e. The number of allylic oxidation sites excluding steroid dienone is 3. The number of para-hydroxylation sites is 1. The fourth-order valence-corrected chi connectivity index (χ4v) is 11.5. The highest BCUT2D eigenvalue weighted by atomic mass is 35.5. The summed E-state index contributed by atoms with van der Waals surface area (Å²) in [5, 5.41) is 5.07. The molecule has 0 aliphatic carbocycles. The van der Waals surface area contributed by atoms with Crippen LogP contribution < -0.4 is 15.5 Å². The van der Waals surface area contributed by atoms with Crippen LogP contribution in [0, 0.1) is 18.8 Å². The molecule has 4 saturated heterocycles. The molecule has 0 aromatic heterocycles. The monoisotopic (exact) mass is 1010 g/mol. The number of piperidine rings is 4. The van der Waals surface area contributed by atoms with Crippen molar-refractivity contribution in [2.24, 2.45) is 21.8 Å². The molecule has 2 aromatic carbocycles. The van der Waals surface area contributed by atoms with Gasteiger partial charge in [0.15, 0.2) is 15.7 Å². The highest BCUT2D eigenvalue weighted by Crippen LogP contribution is 2.32. The number of amides is 4. The molecule has 1 atom stereocenters. The molecule has 0 saturated carbocycles. The van der Waals surface area contributed by atoms with Gasteiger partial charge >= 0.3 is 0 Å². The number of rotatable bonds is 19. The lowest BCUT2D eigenvalue weighted by Crippen LogP contribution is -2.53. The number of aliphatic imine (C=N–C) groups is 2. The molecule has 4 aliphatic rings. The lowest BCUT2D eigenvalue weighted by Gasteiger charge is -2.43. The molecular weight excluding hydrogens is 940 g/mol. The maximum absolute atomic E-state index is 13.4. The molecular formula is C54H73ClN8O7S. The molecule has 0 bridgehead atoms. The van der Waals surface area contributed by atoms with E-state index in [0.29, 0.717) is 41.3 Å². The third kappa shape index (κ3) is 14.4. The number of hydrogen-bond acceptors (Lipinski definition) is 12. The average molecular weight is 1010 g/mol. The van der Waals surface area contributed by atoms with Crippen LogP contribution >= 0.6 is 11.6 Å². The van der Waals surface area contributed by atoms with Gasteiger partial charge in [0.2, 0.25) is 18.2 Å². The molecule has 4 amide bonds. The smallest absolute Gasteiger partial charge is 0.261 e. The SMILES string of the molecule is C=C/C(OC(C)C)=C(\C=C(\C)CC1CCN(C2CCN(CC3CCN(c4ccc(C(=O)N(C=O)C5CCC(=O)NC5=O)c(C)c4)CC3)CC2)CC1)NC(=Nc1ccccc1S(=O)(=O)C(C)C)/C(Cl)=C\N=C. The van der Waals surface area contributed by atoms with E-state index in [1.54, 1.807) is 50.3 Å². The number of benzene rings is 2. The molecule has 384 valence electrons. The maximum Gasteiger partial charge on any atom is 0.261 e. The molecule has 2 aromatic rings. The van der Waals surface area contributed by atoms with E-state index in [1.807, 2.05) is 39.0 Å². The standard InChI is InChI=1S/C54H73ClN8O7S/c1-9-49(70-36(2)3)47(58-52(45(55)33-56-8)57-46-12-10-11-13-50(46)71(68,69)37(4)5)31-38(6)30-40-18-26-61(27-19-40)42-22-24-60(25-23-42)34-41-20-28-62(29-21-41)43-14-15-44(39(7)32-43)54(67)63(35-64)48-16-17-51(65)59-53(48)66/h9-15,31-33,35-37,40-42,48H,1,8,16-30,34H2,2-7H3,(H,57,58)(H,59,65,66)/b38-31-,45-33+,49-47-. The molecule has 0 radical (unpaired) electrons. The van der Waals surface area contributed by atoms with Crippen LogP contribution in [0.2, 0.25) is 0 Å². The molecule has 2 N–H and O–H groups in total. The number of aryl methyl sites for hydroxylation is 1. The van der Waals surface area contributed by atoms with E-state index in [9.17, 15) is 27.6 Å². The van der Waals surface area contributed by atoms with Gasteiger partial charge in [-0.25, -0.2) is 13.4 Å². The lowest BCUT2D eigenvalue weighted by atomic mass is 9.88. The van der Waals surface area contributed by atoms with Crippen molar-refractivity contribution < 1.29 is 32.3 Å². The average Bonchev–Trinajstić information content (AvgIpc) is 3.34. The Balaban J connectivity index is 0.992. The van der Waals surface area contributed by atoms with Gasteiger partial charge in [-0.05, 0) is 186 Å². The summed E-state index contributed by atoms with van der Waals surface area (Å²) in [5.74, 6) is 0.266. The summed E-state index contributed by atoms with van der Waals surface area (Å²) < 4.78 is 32.9. The van der Waals surface area contributed by atoms with E-state index < -0.39 is 38.9 Å². The highest BCUT2D eigenvalue weighted by molar-refractivity contribution is 7.92. The predicted molar refractivity (Wildman–Crippen MR) is 283 cm³/mol. The molecule has 71 heavy (non-hydrogen) atoms. The van der Waals surface area contributed by atoms with Crippen molar-refractivity contribution >= 4 is 69.5 Å². The summed E-state index contributed by atoms with van der Waals surface area (Å²) in [6.45, 7) is 26.1. The van der Waals surface area contributed by atoms with Gasteiger partial charge in [-0.15, -0.1) is 0 Å². The first kappa shape index (κ1) is 54.9. The Bertz CT molecular complexity index is 2510. The van der Waals surface area contributed by atoms with Gasteiger partial charge in [0.25, 0.3) is 5.91 Å². The van der Waals surface area contributed by atoms with Gasteiger partial charge in [-0.3, -0.25) is 34.4 Å². The summed E-state index contributed by atoms with van der Waals surface area (Å²) in [6, 6.07) is 11.9. The number of sulfone groups is 1. The topological polar surface area (TPSA) is 173 Å². The summed E-state index contributed by atoms with van der Waals surface area (Å²) in [5.41, 5.74) is 4.13.